The highest BCUT2D eigenvalue weighted by molar-refractivity contribution is 5.89. The maximum absolute atomic E-state index is 12.1. The van der Waals surface area contributed by atoms with Gasteiger partial charge in [-0.1, -0.05) is 46.2 Å². The number of rotatable bonds is 9. The van der Waals surface area contributed by atoms with Crippen LogP contribution in [0.2, 0.25) is 0 Å². The van der Waals surface area contributed by atoms with Crippen molar-refractivity contribution in [1.82, 2.24) is 0 Å². The van der Waals surface area contributed by atoms with Crippen LogP contribution >= 0.6 is 0 Å². The average Bonchev–Trinajstić information content (AvgIpc) is 2.65. The van der Waals surface area contributed by atoms with Crippen LogP contribution in [0.25, 0.3) is 0 Å². The molecule has 2 aromatic rings. The Bertz CT molecular complexity index is 697. The lowest BCUT2D eigenvalue weighted by Gasteiger charge is -2.19. The molecule has 0 atom stereocenters. The summed E-state index contributed by atoms with van der Waals surface area (Å²) in [7, 11) is 0. The number of unbranched alkanes of at least 4 members (excludes halogenated alkanes) is 1. The molecule has 0 radical (unpaired) electrons. The van der Waals surface area contributed by atoms with Crippen molar-refractivity contribution in [2.75, 3.05) is 19.8 Å². The van der Waals surface area contributed by atoms with Crippen LogP contribution in [0.3, 0.4) is 0 Å². The SMILES string of the molecule is CCCCOc1ccc(C(=O)OCCOc2ccc(C(C)(C)C)cc2)cc1. The van der Waals surface area contributed by atoms with Crippen LogP contribution in [-0.4, -0.2) is 25.8 Å². The van der Waals surface area contributed by atoms with Gasteiger partial charge in [0.1, 0.15) is 24.7 Å². The van der Waals surface area contributed by atoms with E-state index < -0.39 is 0 Å². The Morgan fingerprint density at radius 3 is 1.93 bits per heavy atom. The molecular formula is C23H30O4. The number of carbonyl (C=O) groups excluding carboxylic acids is 1. The number of benzene rings is 2. The monoisotopic (exact) mass is 370 g/mol. The van der Waals surface area contributed by atoms with Crippen molar-refractivity contribution in [2.45, 2.75) is 46.0 Å². The van der Waals surface area contributed by atoms with Gasteiger partial charge >= 0.3 is 5.97 Å². The van der Waals surface area contributed by atoms with Crippen molar-refractivity contribution in [3.05, 3.63) is 59.7 Å². The smallest absolute Gasteiger partial charge is 0.338 e. The molecule has 0 saturated heterocycles. The number of hydrogen-bond donors (Lipinski definition) is 0. The molecule has 146 valence electrons. The van der Waals surface area contributed by atoms with E-state index in [-0.39, 0.29) is 18.0 Å². The fourth-order valence-electron chi connectivity index (χ4n) is 2.45. The average molecular weight is 370 g/mol. The van der Waals surface area contributed by atoms with E-state index in [0.29, 0.717) is 18.8 Å². The van der Waals surface area contributed by atoms with Gasteiger partial charge in [0.05, 0.1) is 12.2 Å². The fourth-order valence-corrected chi connectivity index (χ4v) is 2.45. The van der Waals surface area contributed by atoms with E-state index >= 15 is 0 Å². The minimum atomic E-state index is -0.359. The van der Waals surface area contributed by atoms with E-state index in [2.05, 4.69) is 39.8 Å². The zero-order valence-electron chi connectivity index (χ0n) is 16.8. The molecule has 0 aliphatic rings. The van der Waals surface area contributed by atoms with Crippen LogP contribution < -0.4 is 9.47 Å². The van der Waals surface area contributed by atoms with E-state index in [4.69, 9.17) is 14.2 Å². The third-order valence-corrected chi connectivity index (χ3v) is 4.16. The Morgan fingerprint density at radius 1 is 0.815 bits per heavy atom. The molecule has 2 aromatic carbocycles. The summed E-state index contributed by atoms with van der Waals surface area (Å²) in [5.74, 6) is 1.18. The quantitative estimate of drug-likeness (QED) is 0.438. The second-order valence-corrected chi connectivity index (χ2v) is 7.49. The molecule has 4 heteroatoms. The van der Waals surface area contributed by atoms with E-state index in [0.717, 1.165) is 24.3 Å². The molecule has 0 bridgehead atoms. The van der Waals surface area contributed by atoms with Crippen molar-refractivity contribution in [3.63, 3.8) is 0 Å². The van der Waals surface area contributed by atoms with Gasteiger partial charge in [0.15, 0.2) is 0 Å². The summed E-state index contributed by atoms with van der Waals surface area (Å²) in [6.45, 7) is 9.85. The van der Waals surface area contributed by atoms with Crippen molar-refractivity contribution in [1.29, 1.82) is 0 Å². The van der Waals surface area contributed by atoms with E-state index in [9.17, 15) is 4.79 Å². The Hall–Kier alpha value is -2.49. The van der Waals surface area contributed by atoms with Crippen LogP contribution in [0.1, 0.15) is 56.5 Å². The van der Waals surface area contributed by atoms with Gasteiger partial charge in [-0.3, -0.25) is 0 Å². The summed E-state index contributed by atoms with van der Waals surface area (Å²) in [5.41, 5.74) is 1.88. The van der Waals surface area contributed by atoms with E-state index in [1.54, 1.807) is 24.3 Å². The molecule has 0 heterocycles. The molecule has 0 aliphatic heterocycles. The molecule has 4 nitrogen and oxygen atoms in total. The molecule has 0 amide bonds. The van der Waals surface area contributed by atoms with E-state index in [1.807, 2.05) is 12.1 Å². The van der Waals surface area contributed by atoms with Gasteiger partial charge in [-0.15, -0.1) is 0 Å². The largest absolute Gasteiger partial charge is 0.494 e. The summed E-state index contributed by atoms with van der Waals surface area (Å²) >= 11 is 0. The third kappa shape index (κ3) is 6.97. The van der Waals surface area contributed by atoms with Gasteiger partial charge in [0.2, 0.25) is 0 Å². The first-order valence-electron chi connectivity index (χ1n) is 9.53. The lowest BCUT2D eigenvalue weighted by molar-refractivity contribution is 0.0450. The Kier molecular flexibility index (Phi) is 7.71. The summed E-state index contributed by atoms with van der Waals surface area (Å²) in [4.78, 5) is 12.1. The van der Waals surface area contributed by atoms with Crippen LogP contribution in [0.5, 0.6) is 11.5 Å². The maximum atomic E-state index is 12.1. The first-order valence-corrected chi connectivity index (χ1v) is 9.53. The summed E-state index contributed by atoms with van der Waals surface area (Å²) < 4.78 is 16.5. The van der Waals surface area contributed by atoms with Crippen LogP contribution in [-0.2, 0) is 10.2 Å². The van der Waals surface area contributed by atoms with E-state index in [1.165, 1.54) is 5.56 Å². The van der Waals surface area contributed by atoms with Crippen molar-refractivity contribution in [3.8, 4) is 11.5 Å². The molecule has 0 aromatic heterocycles. The van der Waals surface area contributed by atoms with Gasteiger partial charge in [-0.25, -0.2) is 4.79 Å². The number of carbonyl (C=O) groups is 1. The second kappa shape index (κ2) is 10.0. The van der Waals surface area contributed by atoms with Gasteiger partial charge < -0.3 is 14.2 Å². The highest BCUT2D eigenvalue weighted by Crippen LogP contribution is 2.24. The molecule has 0 unspecified atom stereocenters. The minimum Gasteiger partial charge on any atom is -0.494 e. The highest BCUT2D eigenvalue weighted by atomic mass is 16.6. The Morgan fingerprint density at radius 2 is 1.37 bits per heavy atom. The summed E-state index contributed by atoms with van der Waals surface area (Å²) in [6.07, 6.45) is 2.11. The molecule has 0 spiro atoms. The zero-order chi connectivity index (χ0) is 19.7. The molecule has 0 N–H and O–H groups in total. The molecule has 27 heavy (non-hydrogen) atoms. The maximum Gasteiger partial charge on any atom is 0.338 e. The number of ether oxygens (including phenoxy) is 3. The van der Waals surface area contributed by atoms with Crippen molar-refractivity contribution in [2.24, 2.45) is 0 Å². The zero-order valence-corrected chi connectivity index (χ0v) is 16.8. The van der Waals surface area contributed by atoms with Gasteiger partial charge in [0.25, 0.3) is 0 Å². The predicted molar refractivity (Wildman–Crippen MR) is 108 cm³/mol. The Labute approximate surface area is 162 Å². The molecular weight excluding hydrogens is 340 g/mol. The first-order chi connectivity index (χ1) is 12.9. The van der Waals surface area contributed by atoms with Gasteiger partial charge in [0, 0.05) is 0 Å². The Balaban J connectivity index is 1.72. The van der Waals surface area contributed by atoms with Gasteiger partial charge in [-0.2, -0.15) is 0 Å². The predicted octanol–water partition coefficient (Wildman–Crippen LogP) is 5.40. The normalized spacial score (nSPS) is 11.1. The molecule has 2 rings (SSSR count). The van der Waals surface area contributed by atoms with Gasteiger partial charge in [-0.05, 0) is 53.8 Å². The summed E-state index contributed by atoms with van der Waals surface area (Å²) in [5, 5.41) is 0. The summed E-state index contributed by atoms with van der Waals surface area (Å²) in [6, 6.07) is 15.0. The number of esters is 1. The first kappa shape index (κ1) is 20.8. The second-order valence-electron chi connectivity index (χ2n) is 7.49. The fraction of sp³-hybridized carbons (Fsp3) is 0.435. The van der Waals surface area contributed by atoms with Crippen molar-refractivity contribution < 1.29 is 19.0 Å². The van der Waals surface area contributed by atoms with Crippen LogP contribution in [0.4, 0.5) is 0 Å². The van der Waals surface area contributed by atoms with Crippen LogP contribution in [0.15, 0.2) is 48.5 Å². The highest BCUT2D eigenvalue weighted by Gasteiger charge is 2.13. The molecule has 0 aliphatic carbocycles. The standard InChI is InChI=1S/C23H30O4/c1-5-6-15-25-20-11-7-18(8-12-20)22(24)27-17-16-26-21-13-9-19(10-14-21)23(2,3)4/h7-14H,5-6,15-17H2,1-4H3. The third-order valence-electron chi connectivity index (χ3n) is 4.16. The lowest BCUT2D eigenvalue weighted by Crippen LogP contribution is -2.13. The lowest BCUT2D eigenvalue weighted by atomic mass is 9.87. The number of hydrogen-bond acceptors (Lipinski definition) is 4. The minimum absolute atomic E-state index is 0.116. The topological polar surface area (TPSA) is 44.8 Å². The molecule has 0 saturated carbocycles. The van der Waals surface area contributed by atoms with Crippen molar-refractivity contribution >= 4 is 5.97 Å². The molecule has 0 fully saturated rings. The van der Waals surface area contributed by atoms with Crippen LogP contribution in [0, 0.1) is 0 Å².